The van der Waals surface area contributed by atoms with E-state index in [1.807, 2.05) is 6.92 Å². The Kier molecular flexibility index (Phi) is 6.96. The average Bonchev–Trinajstić information content (AvgIpc) is 2.85. The molecule has 3 rings (SSSR count). The van der Waals surface area contributed by atoms with Crippen molar-refractivity contribution in [3.63, 3.8) is 0 Å². The summed E-state index contributed by atoms with van der Waals surface area (Å²) in [5, 5.41) is 3.14. The number of carbonyl (C=O) groups excluding carboxylic acids is 1. The van der Waals surface area contributed by atoms with Gasteiger partial charge in [-0.3, -0.25) is 4.79 Å². The highest BCUT2D eigenvalue weighted by Crippen LogP contribution is 2.37. The second kappa shape index (κ2) is 9.29. The van der Waals surface area contributed by atoms with Gasteiger partial charge in [-0.1, -0.05) is 33.8 Å². The zero-order valence-electron chi connectivity index (χ0n) is 18.5. The normalized spacial score (nSPS) is 14.0. The molecule has 0 unspecified atom stereocenters. The summed E-state index contributed by atoms with van der Waals surface area (Å²) in [5.74, 6) is 1.28. The van der Waals surface area contributed by atoms with Crippen molar-refractivity contribution in [3.8, 4) is 5.75 Å². The molecule has 0 saturated heterocycles. The molecule has 2 aromatic carbocycles. The molecule has 1 amide bonds. The van der Waals surface area contributed by atoms with Gasteiger partial charge in [-0.25, -0.2) is 4.39 Å². The number of hydrogen-bond donors (Lipinski definition) is 1. The van der Waals surface area contributed by atoms with Gasteiger partial charge in [0.15, 0.2) is 0 Å². The first-order valence-electron chi connectivity index (χ1n) is 10.4. The molecule has 0 bridgehead atoms. The number of thioether (sulfide) groups is 1. The molecule has 30 heavy (non-hydrogen) atoms. The van der Waals surface area contributed by atoms with Crippen molar-refractivity contribution in [1.82, 2.24) is 0 Å². The van der Waals surface area contributed by atoms with Crippen molar-refractivity contribution in [3.05, 3.63) is 47.3 Å². The number of carbonyl (C=O) groups is 1. The monoisotopic (exact) mass is 430 g/mol. The first kappa shape index (κ1) is 22.5. The molecule has 162 valence electrons. The number of amides is 1. The summed E-state index contributed by atoms with van der Waals surface area (Å²) >= 11 is 1.72. The van der Waals surface area contributed by atoms with E-state index in [2.05, 4.69) is 50.0 Å². The van der Waals surface area contributed by atoms with Crippen LogP contribution in [0.15, 0.2) is 35.2 Å². The topological polar surface area (TPSA) is 41.6 Å². The number of nitrogens with one attached hydrogen (secondary N) is 1. The molecule has 1 aliphatic heterocycles. The van der Waals surface area contributed by atoms with Gasteiger partial charge >= 0.3 is 0 Å². The highest BCUT2D eigenvalue weighted by Gasteiger charge is 2.21. The van der Waals surface area contributed by atoms with Crippen molar-refractivity contribution in [2.24, 2.45) is 5.41 Å². The second-order valence-corrected chi connectivity index (χ2v) is 10.2. The molecule has 1 aliphatic rings. The van der Waals surface area contributed by atoms with Crippen LogP contribution >= 0.6 is 11.8 Å². The van der Waals surface area contributed by atoms with E-state index in [0.717, 1.165) is 33.2 Å². The number of nitrogens with zero attached hydrogens (tertiary/aromatic N) is 1. The maximum atomic E-state index is 13.6. The SMILES string of the molecule is CCSc1cc(N2CCOc3cc(F)ccc3C2)cc(C)c1NC(=O)CC(C)(C)C. The molecular formula is C24H31FN2O2S. The minimum atomic E-state index is -0.282. The van der Waals surface area contributed by atoms with Crippen LogP contribution in [0.25, 0.3) is 0 Å². The van der Waals surface area contributed by atoms with Crippen LogP contribution in [0.3, 0.4) is 0 Å². The van der Waals surface area contributed by atoms with Crippen molar-refractivity contribution in [2.75, 3.05) is 29.1 Å². The number of hydrogen-bond acceptors (Lipinski definition) is 4. The Balaban J connectivity index is 1.89. The molecule has 0 atom stereocenters. The van der Waals surface area contributed by atoms with Crippen molar-refractivity contribution < 1.29 is 13.9 Å². The summed E-state index contributed by atoms with van der Waals surface area (Å²) in [6.45, 7) is 12.2. The summed E-state index contributed by atoms with van der Waals surface area (Å²) < 4.78 is 19.3. The summed E-state index contributed by atoms with van der Waals surface area (Å²) in [4.78, 5) is 15.9. The van der Waals surface area contributed by atoms with E-state index in [1.54, 1.807) is 17.8 Å². The maximum Gasteiger partial charge on any atom is 0.224 e. The molecule has 1 N–H and O–H groups in total. The molecule has 0 spiro atoms. The fraction of sp³-hybridized carbons (Fsp3) is 0.458. The molecular weight excluding hydrogens is 399 g/mol. The number of fused-ring (bicyclic) bond motifs is 1. The smallest absolute Gasteiger partial charge is 0.224 e. The summed E-state index contributed by atoms with van der Waals surface area (Å²) in [5.41, 5.74) is 3.93. The Bertz CT molecular complexity index is 924. The molecule has 2 aromatic rings. The Labute approximate surface area is 183 Å². The lowest BCUT2D eigenvalue weighted by molar-refractivity contribution is -0.117. The predicted molar refractivity (Wildman–Crippen MR) is 123 cm³/mol. The van der Waals surface area contributed by atoms with Crippen LogP contribution in [0.5, 0.6) is 5.75 Å². The van der Waals surface area contributed by atoms with Gasteiger partial charge in [-0.05, 0) is 41.9 Å². The molecule has 4 nitrogen and oxygen atoms in total. The molecule has 1 heterocycles. The van der Waals surface area contributed by atoms with Crippen LogP contribution in [0, 0.1) is 18.2 Å². The third-order valence-corrected chi connectivity index (χ3v) is 5.84. The van der Waals surface area contributed by atoms with E-state index < -0.39 is 0 Å². The first-order chi connectivity index (χ1) is 14.2. The minimum absolute atomic E-state index is 0.0374. The highest BCUT2D eigenvalue weighted by molar-refractivity contribution is 7.99. The van der Waals surface area contributed by atoms with Gasteiger partial charge in [-0.2, -0.15) is 0 Å². The molecule has 0 aromatic heterocycles. The van der Waals surface area contributed by atoms with Gasteiger partial charge < -0.3 is 15.0 Å². The third kappa shape index (κ3) is 5.69. The Morgan fingerprint density at radius 1 is 1.27 bits per heavy atom. The van der Waals surface area contributed by atoms with Crippen LogP contribution in [-0.2, 0) is 11.3 Å². The zero-order chi connectivity index (χ0) is 21.9. The van der Waals surface area contributed by atoms with E-state index in [-0.39, 0.29) is 17.1 Å². The Morgan fingerprint density at radius 3 is 2.73 bits per heavy atom. The lowest BCUT2D eigenvalue weighted by Gasteiger charge is -2.25. The van der Waals surface area contributed by atoms with E-state index in [4.69, 9.17) is 4.74 Å². The van der Waals surface area contributed by atoms with Gasteiger partial charge in [0.05, 0.1) is 12.2 Å². The summed E-state index contributed by atoms with van der Waals surface area (Å²) in [7, 11) is 0. The summed E-state index contributed by atoms with van der Waals surface area (Å²) in [6, 6.07) is 8.97. The largest absolute Gasteiger partial charge is 0.491 e. The van der Waals surface area contributed by atoms with Crippen LogP contribution in [0.2, 0.25) is 0 Å². The standard InChI is InChI=1S/C24H31FN2O2S/c1-6-30-21-13-19(11-16(2)23(21)26-22(28)14-24(3,4)5)27-9-10-29-20-12-18(25)8-7-17(20)15-27/h7-8,11-13H,6,9-10,14-15H2,1-5H3,(H,26,28). The number of benzene rings is 2. The van der Waals surface area contributed by atoms with Crippen molar-refractivity contribution in [1.29, 1.82) is 0 Å². The Hall–Kier alpha value is -2.21. The van der Waals surface area contributed by atoms with Gasteiger partial charge in [0.25, 0.3) is 0 Å². The third-order valence-electron chi connectivity index (χ3n) is 4.91. The lowest BCUT2D eigenvalue weighted by atomic mass is 9.92. The number of anilines is 2. The van der Waals surface area contributed by atoms with Crippen LogP contribution in [0.1, 0.15) is 45.2 Å². The second-order valence-electron chi connectivity index (χ2n) is 8.88. The van der Waals surface area contributed by atoms with Crippen molar-refractivity contribution >= 4 is 29.0 Å². The van der Waals surface area contributed by atoms with E-state index in [1.165, 1.54) is 12.1 Å². The molecule has 0 radical (unpaired) electrons. The predicted octanol–water partition coefficient (Wildman–Crippen LogP) is 6.02. The zero-order valence-corrected chi connectivity index (χ0v) is 19.3. The molecule has 0 aliphatic carbocycles. The Morgan fingerprint density at radius 2 is 2.03 bits per heavy atom. The van der Waals surface area contributed by atoms with Gasteiger partial charge in [-0.15, -0.1) is 11.8 Å². The maximum absolute atomic E-state index is 13.6. The summed E-state index contributed by atoms with van der Waals surface area (Å²) in [6.07, 6.45) is 0.473. The number of ether oxygens (including phenoxy) is 1. The van der Waals surface area contributed by atoms with E-state index in [9.17, 15) is 9.18 Å². The fourth-order valence-electron chi connectivity index (χ4n) is 3.58. The quantitative estimate of drug-likeness (QED) is 0.589. The number of aryl methyl sites for hydroxylation is 1. The first-order valence-corrected chi connectivity index (χ1v) is 11.4. The van der Waals surface area contributed by atoms with Gasteiger partial charge in [0.1, 0.15) is 18.2 Å². The number of halogens is 1. The lowest BCUT2D eigenvalue weighted by Crippen LogP contribution is -2.25. The van der Waals surface area contributed by atoms with E-state index in [0.29, 0.717) is 31.9 Å². The van der Waals surface area contributed by atoms with Crippen LogP contribution in [-0.4, -0.2) is 24.8 Å². The van der Waals surface area contributed by atoms with Gasteiger partial charge in [0, 0.05) is 35.2 Å². The molecule has 0 saturated carbocycles. The average molecular weight is 431 g/mol. The molecule has 0 fully saturated rings. The van der Waals surface area contributed by atoms with Crippen molar-refractivity contribution in [2.45, 2.75) is 52.5 Å². The molecule has 6 heteroatoms. The fourth-order valence-corrected chi connectivity index (χ4v) is 4.45. The minimum Gasteiger partial charge on any atom is -0.491 e. The van der Waals surface area contributed by atoms with Crippen LogP contribution in [0.4, 0.5) is 15.8 Å². The van der Waals surface area contributed by atoms with Crippen LogP contribution < -0.4 is 15.0 Å². The van der Waals surface area contributed by atoms with E-state index >= 15 is 0 Å². The van der Waals surface area contributed by atoms with Gasteiger partial charge in [0.2, 0.25) is 5.91 Å². The number of rotatable bonds is 5. The highest BCUT2D eigenvalue weighted by atomic mass is 32.2.